The van der Waals surface area contributed by atoms with Crippen LogP contribution in [0.25, 0.3) is 11.3 Å². The summed E-state index contributed by atoms with van der Waals surface area (Å²) in [6.07, 6.45) is 3.47. The van der Waals surface area contributed by atoms with Gasteiger partial charge in [0.05, 0.1) is 0 Å². The molecule has 0 radical (unpaired) electrons. The maximum atomic E-state index is 12.3. The molecular weight excluding hydrogens is 372 g/mol. The molecular formula is C26H30N2O2. The first-order valence-electron chi connectivity index (χ1n) is 10.9. The van der Waals surface area contributed by atoms with Crippen LogP contribution in [0.4, 0.5) is 0 Å². The highest BCUT2D eigenvalue weighted by Crippen LogP contribution is 2.22. The van der Waals surface area contributed by atoms with Gasteiger partial charge in [0.2, 0.25) is 5.91 Å². The summed E-state index contributed by atoms with van der Waals surface area (Å²) in [4.78, 5) is 14.8. The van der Waals surface area contributed by atoms with E-state index < -0.39 is 0 Å². The average Bonchev–Trinajstić information content (AvgIpc) is 3.27. The van der Waals surface area contributed by atoms with E-state index in [0.717, 1.165) is 43.3 Å². The fourth-order valence-electron chi connectivity index (χ4n) is 4.16. The molecule has 30 heavy (non-hydrogen) atoms. The number of piperidine rings is 1. The Balaban J connectivity index is 1.19. The van der Waals surface area contributed by atoms with Crippen LogP contribution in [0.5, 0.6) is 0 Å². The zero-order valence-electron chi connectivity index (χ0n) is 17.4. The predicted molar refractivity (Wildman–Crippen MR) is 120 cm³/mol. The van der Waals surface area contributed by atoms with Gasteiger partial charge in [-0.2, -0.15) is 0 Å². The first-order chi connectivity index (χ1) is 14.8. The zero-order chi connectivity index (χ0) is 20.6. The molecule has 1 N–H and O–H groups in total. The number of amides is 1. The smallest absolute Gasteiger partial charge is 0.220 e. The number of carbonyl (C=O) groups is 1. The lowest BCUT2D eigenvalue weighted by atomic mass is 9.97. The number of hydrogen-bond donors (Lipinski definition) is 1. The highest BCUT2D eigenvalue weighted by molar-refractivity contribution is 5.76. The largest absolute Gasteiger partial charge is 0.461 e. The van der Waals surface area contributed by atoms with E-state index in [2.05, 4.69) is 40.5 Å². The van der Waals surface area contributed by atoms with Crippen molar-refractivity contribution in [3.8, 4) is 11.3 Å². The highest BCUT2D eigenvalue weighted by Gasteiger charge is 2.20. The molecule has 0 spiro atoms. The molecule has 0 bridgehead atoms. The number of aryl methyl sites for hydroxylation is 1. The molecule has 3 aromatic rings. The van der Waals surface area contributed by atoms with Crippen molar-refractivity contribution in [1.29, 1.82) is 0 Å². The Kier molecular flexibility index (Phi) is 6.99. The summed E-state index contributed by atoms with van der Waals surface area (Å²) in [7, 11) is 0. The van der Waals surface area contributed by atoms with E-state index in [1.54, 1.807) is 0 Å². The highest BCUT2D eigenvalue weighted by atomic mass is 16.3. The molecule has 156 valence electrons. The van der Waals surface area contributed by atoms with Gasteiger partial charge in [0.1, 0.15) is 11.5 Å². The van der Waals surface area contributed by atoms with E-state index >= 15 is 0 Å². The van der Waals surface area contributed by atoms with Gasteiger partial charge >= 0.3 is 0 Å². The molecule has 0 unspecified atom stereocenters. The second-order valence-electron chi connectivity index (χ2n) is 8.17. The molecule has 4 heteroatoms. The van der Waals surface area contributed by atoms with Gasteiger partial charge in [0.15, 0.2) is 0 Å². The molecule has 0 aliphatic carbocycles. The summed E-state index contributed by atoms with van der Waals surface area (Å²) in [5.74, 6) is 2.34. The molecule has 1 aliphatic heterocycles. The third-order valence-corrected chi connectivity index (χ3v) is 5.76. The standard InChI is InChI=1S/C26H30N2O2/c29-26(16-14-24-13-15-25(30-24)23-11-5-2-6-12-23)27-18-22-10-7-17-28(20-22)19-21-8-3-1-4-9-21/h1-6,8-9,11-13,15,22H,7,10,14,16-20H2,(H,27,29)/t22-/m0/s1. The van der Waals surface area contributed by atoms with Crippen molar-refractivity contribution in [2.24, 2.45) is 5.92 Å². The van der Waals surface area contributed by atoms with E-state index in [0.29, 0.717) is 18.8 Å². The van der Waals surface area contributed by atoms with Gasteiger partial charge in [0, 0.05) is 38.0 Å². The van der Waals surface area contributed by atoms with Crippen LogP contribution in [0, 0.1) is 5.92 Å². The number of likely N-dealkylation sites (tertiary alicyclic amines) is 1. The third-order valence-electron chi connectivity index (χ3n) is 5.76. The van der Waals surface area contributed by atoms with Crippen molar-refractivity contribution < 1.29 is 9.21 Å². The Morgan fingerprint density at radius 1 is 1.00 bits per heavy atom. The lowest BCUT2D eigenvalue weighted by Crippen LogP contribution is -2.40. The van der Waals surface area contributed by atoms with Gasteiger partial charge in [-0.15, -0.1) is 0 Å². The van der Waals surface area contributed by atoms with Crippen molar-refractivity contribution in [1.82, 2.24) is 10.2 Å². The average molecular weight is 403 g/mol. The van der Waals surface area contributed by atoms with E-state index in [1.165, 1.54) is 18.4 Å². The van der Waals surface area contributed by atoms with Crippen molar-refractivity contribution in [2.75, 3.05) is 19.6 Å². The lowest BCUT2D eigenvalue weighted by molar-refractivity contribution is -0.121. The summed E-state index contributed by atoms with van der Waals surface area (Å²) >= 11 is 0. The molecule has 1 aliphatic rings. The maximum Gasteiger partial charge on any atom is 0.220 e. The van der Waals surface area contributed by atoms with Gasteiger partial charge in [-0.1, -0.05) is 60.7 Å². The minimum absolute atomic E-state index is 0.104. The molecule has 0 saturated carbocycles. The van der Waals surface area contributed by atoms with Gasteiger partial charge < -0.3 is 9.73 Å². The molecule has 4 rings (SSSR count). The van der Waals surface area contributed by atoms with E-state index in [9.17, 15) is 4.79 Å². The molecule has 1 fully saturated rings. The Hall–Kier alpha value is -2.85. The number of furan rings is 1. The molecule has 1 amide bonds. The number of rotatable bonds is 8. The van der Waals surface area contributed by atoms with Crippen LogP contribution in [0.2, 0.25) is 0 Å². The van der Waals surface area contributed by atoms with Gasteiger partial charge in [-0.05, 0) is 43.0 Å². The molecule has 1 aromatic heterocycles. The molecule has 1 saturated heterocycles. The number of nitrogens with zero attached hydrogens (tertiary/aromatic N) is 1. The number of carbonyl (C=O) groups excluding carboxylic acids is 1. The lowest BCUT2D eigenvalue weighted by Gasteiger charge is -2.32. The normalized spacial score (nSPS) is 17.0. The van der Waals surface area contributed by atoms with Crippen LogP contribution >= 0.6 is 0 Å². The first-order valence-corrected chi connectivity index (χ1v) is 10.9. The van der Waals surface area contributed by atoms with Gasteiger partial charge in [0.25, 0.3) is 0 Å². The predicted octanol–water partition coefficient (Wildman–Crippen LogP) is 4.91. The molecule has 2 heterocycles. The Morgan fingerprint density at radius 3 is 2.57 bits per heavy atom. The summed E-state index contributed by atoms with van der Waals surface area (Å²) in [5, 5.41) is 3.14. The summed E-state index contributed by atoms with van der Waals surface area (Å²) < 4.78 is 5.90. The summed E-state index contributed by atoms with van der Waals surface area (Å²) in [5.41, 5.74) is 2.42. The van der Waals surface area contributed by atoms with Crippen LogP contribution in [0.1, 0.15) is 30.6 Å². The minimum atomic E-state index is 0.104. The zero-order valence-corrected chi connectivity index (χ0v) is 17.4. The monoisotopic (exact) mass is 402 g/mol. The van der Waals surface area contributed by atoms with E-state index in [-0.39, 0.29) is 5.91 Å². The van der Waals surface area contributed by atoms with Crippen LogP contribution in [-0.2, 0) is 17.8 Å². The number of hydrogen-bond acceptors (Lipinski definition) is 3. The number of nitrogens with one attached hydrogen (secondary N) is 1. The van der Waals surface area contributed by atoms with Crippen molar-refractivity contribution in [3.05, 3.63) is 84.1 Å². The fourth-order valence-corrected chi connectivity index (χ4v) is 4.16. The van der Waals surface area contributed by atoms with Gasteiger partial charge in [-0.25, -0.2) is 0 Å². The first kappa shape index (κ1) is 20.4. The molecule has 2 aromatic carbocycles. The van der Waals surface area contributed by atoms with Crippen LogP contribution < -0.4 is 5.32 Å². The second-order valence-corrected chi connectivity index (χ2v) is 8.17. The van der Waals surface area contributed by atoms with Gasteiger partial charge in [-0.3, -0.25) is 9.69 Å². The van der Waals surface area contributed by atoms with Crippen LogP contribution in [0.3, 0.4) is 0 Å². The summed E-state index contributed by atoms with van der Waals surface area (Å²) in [6, 6.07) is 24.6. The quantitative estimate of drug-likeness (QED) is 0.582. The van der Waals surface area contributed by atoms with Crippen molar-refractivity contribution in [2.45, 2.75) is 32.2 Å². The fraction of sp³-hybridized carbons (Fsp3) is 0.346. The molecule has 1 atom stereocenters. The molecule has 4 nitrogen and oxygen atoms in total. The Bertz CT molecular complexity index is 920. The van der Waals surface area contributed by atoms with Crippen LogP contribution in [0.15, 0.2) is 77.2 Å². The topological polar surface area (TPSA) is 45.5 Å². The number of benzene rings is 2. The van der Waals surface area contributed by atoms with E-state index in [4.69, 9.17) is 4.42 Å². The third kappa shape index (κ3) is 5.83. The van der Waals surface area contributed by atoms with Crippen molar-refractivity contribution >= 4 is 5.91 Å². The minimum Gasteiger partial charge on any atom is -0.461 e. The Labute approximate surface area is 178 Å². The van der Waals surface area contributed by atoms with Crippen molar-refractivity contribution in [3.63, 3.8) is 0 Å². The van der Waals surface area contributed by atoms with Crippen LogP contribution in [-0.4, -0.2) is 30.4 Å². The SMILES string of the molecule is O=C(CCc1ccc(-c2ccccc2)o1)NC[C@@H]1CCCN(Cc2ccccc2)C1. The Morgan fingerprint density at radius 2 is 1.77 bits per heavy atom. The maximum absolute atomic E-state index is 12.3. The van der Waals surface area contributed by atoms with E-state index in [1.807, 2.05) is 42.5 Å². The summed E-state index contributed by atoms with van der Waals surface area (Å²) in [6.45, 7) is 3.94. The second kappa shape index (κ2) is 10.3.